The third-order valence-electron chi connectivity index (χ3n) is 5.14. The first-order valence-electron chi connectivity index (χ1n) is 7.42. The number of hydrogen-bond donors (Lipinski definition) is 1. The molecule has 4 unspecified atom stereocenters. The predicted octanol–water partition coefficient (Wildman–Crippen LogP) is 2.97. The summed E-state index contributed by atoms with van der Waals surface area (Å²) >= 11 is 0. The van der Waals surface area contributed by atoms with Gasteiger partial charge in [0.1, 0.15) is 0 Å². The quantitative estimate of drug-likeness (QED) is 0.783. The summed E-state index contributed by atoms with van der Waals surface area (Å²) in [4.78, 5) is 12.2. The maximum Gasteiger partial charge on any atom is 0.223 e. The number of amides is 1. The van der Waals surface area contributed by atoms with Crippen molar-refractivity contribution in [2.75, 3.05) is 0 Å². The van der Waals surface area contributed by atoms with Gasteiger partial charge in [-0.15, -0.1) is 0 Å². The minimum atomic E-state index is 0.353. The first-order chi connectivity index (χ1) is 8.11. The van der Waals surface area contributed by atoms with Crippen LogP contribution in [0, 0.1) is 29.6 Å². The van der Waals surface area contributed by atoms with E-state index in [1.165, 1.54) is 38.5 Å². The van der Waals surface area contributed by atoms with Crippen LogP contribution in [0.25, 0.3) is 0 Å². The summed E-state index contributed by atoms with van der Waals surface area (Å²) in [5.74, 6) is 4.10. The van der Waals surface area contributed by atoms with Crippen LogP contribution in [0.1, 0.15) is 52.4 Å². The highest BCUT2D eigenvalue weighted by Crippen LogP contribution is 2.54. The highest BCUT2D eigenvalue weighted by molar-refractivity contribution is 5.79. The summed E-state index contributed by atoms with van der Waals surface area (Å²) in [5, 5.41) is 3.32. The highest BCUT2D eigenvalue weighted by Gasteiger charge is 2.48. The molecule has 4 atom stereocenters. The molecule has 17 heavy (non-hydrogen) atoms. The topological polar surface area (TPSA) is 29.1 Å². The molecule has 0 aliphatic heterocycles. The zero-order valence-electron chi connectivity index (χ0n) is 11.1. The van der Waals surface area contributed by atoms with Gasteiger partial charge in [-0.05, 0) is 62.2 Å². The van der Waals surface area contributed by atoms with E-state index in [-0.39, 0.29) is 0 Å². The van der Waals surface area contributed by atoms with Crippen LogP contribution in [0.2, 0.25) is 0 Å². The van der Waals surface area contributed by atoms with E-state index in [1.54, 1.807) is 0 Å². The van der Waals surface area contributed by atoms with Crippen molar-refractivity contribution in [2.24, 2.45) is 29.6 Å². The summed E-state index contributed by atoms with van der Waals surface area (Å²) in [5.41, 5.74) is 0. The van der Waals surface area contributed by atoms with Crippen LogP contribution in [0.15, 0.2) is 0 Å². The van der Waals surface area contributed by atoms with Crippen molar-refractivity contribution in [1.82, 2.24) is 5.32 Å². The van der Waals surface area contributed by atoms with Crippen LogP contribution >= 0.6 is 0 Å². The molecule has 1 N–H and O–H groups in total. The Kier molecular flexibility index (Phi) is 2.92. The normalized spacial score (nSPS) is 48.6. The van der Waals surface area contributed by atoms with Crippen LogP contribution < -0.4 is 5.32 Å². The fourth-order valence-electron chi connectivity index (χ4n) is 4.31. The number of nitrogens with one attached hydrogen (secondary N) is 1. The Bertz CT molecular complexity index is 294. The average Bonchev–Trinajstić information content (AvgIpc) is 2.84. The van der Waals surface area contributed by atoms with Crippen LogP contribution in [0.4, 0.5) is 0 Å². The summed E-state index contributed by atoms with van der Waals surface area (Å²) < 4.78 is 0. The Labute approximate surface area is 105 Å². The molecule has 96 valence electrons. The van der Waals surface area contributed by atoms with Crippen molar-refractivity contribution in [3.8, 4) is 0 Å². The molecule has 0 bridgehead atoms. The molecule has 2 heteroatoms. The summed E-state index contributed by atoms with van der Waals surface area (Å²) in [6.45, 7) is 4.64. The Morgan fingerprint density at radius 3 is 2.06 bits per heavy atom. The lowest BCUT2D eigenvalue weighted by Gasteiger charge is -2.32. The number of carbonyl (C=O) groups excluding carboxylic acids is 1. The molecule has 0 aromatic rings. The lowest BCUT2D eigenvalue weighted by atomic mass is 9.80. The van der Waals surface area contributed by atoms with E-state index in [0.29, 0.717) is 17.9 Å². The number of hydrogen-bond acceptors (Lipinski definition) is 1. The molecular weight excluding hydrogens is 210 g/mol. The highest BCUT2D eigenvalue weighted by atomic mass is 16.1. The standard InChI is InChI=1S/C15H25NO/c1-9-3-10(2)5-14(4-9)16-15(17)13-7-11-6-12(11)8-13/h9-14H,3-8H2,1-2H3,(H,16,17). The Hall–Kier alpha value is -0.530. The molecule has 0 heterocycles. The molecule has 0 aromatic carbocycles. The van der Waals surface area contributed by atoms with Gasteiger partial charge in [0, 0.05) is 12.0 Å². The lowest BCUT2D eigenvalue weighted by Crippen LogP contribution is -2.42. The molecule has 0 aromatic heterocycles. The monoisotopic (exact) mass is 235 g/mol. The molecule has 3 aliphatic rings. The van der Waals surface area contributed by atoms with Gasteiger partial charge < -0.3 is 5.32 Å². The molecule has 2 nitrogen and oxygen atoms in total. The number of rotatable bonds is 2. The minimum Gasteiger partial charge on any atom is -0.353 e. The van der Waals surface area contributed by atoms with Gasteiger partial charge in [-0.3, -0.25) is 4.79 Å². The molecule has 0 saturated heterocycles. The largest absolute Gasteiger partial charge is 0.353 e. The molecule has 3 fully saturated rings. The van der Waals surface area contributed by atoms with Crippen molar-refractivity contribution in [3.63, 3.8) is 0 Å². The van der Waals surface area contributed by atoms with Gasteiger partial charge in [0.05, 0.1) is 0 Å². The van der Waals surface area contributed by atoms with E-state index >= 15 is 0 Å². The minimum absolute atomic E-state index is 0.353. The van der Waals surface area contributed by atoms with Gasteiger partial charge in [0.15, 0.2) is 0 Å². The van der Waals surface area contributed by atoms with Crippen LogP contribution in [0.3, 0.4) is 0 Å². The second kappa shape index (κ2) is 4.29. The van der Waals surface area contributed by atoms with Gasteiger partial charge in [0.2, 0.25) is 5.91 Å². The maximum absolute atomic E-state index is 12.2. The van der Waals surface area contributed by atoms with Crippen molar-refractivity contribution >= 4 is 5.91 Å². The molecule has 1 amide bonds. The second-order valence-corrected chi connectivity index (χ2v) is 7.05. The molecule has 3 rings (SSSR count). The van der Waals surface area contributed by atoms with Crippen molar-refractivity contribution in [1.29, 1.82) is 0 Å². The van der Waals surface area contributed by atoms with Crippen LogP contribution in [-0.4, -0.2) is 11.9 Å². The van der Waals surface area contributed by atoms with Gasteiger partial charge in [-0.25, -0.2) is 0 Å². The molecular formula is C15H25NO. The smallest absolute Gasteiger partial charge is 0.223 e. The van der Waals surface area contributed by atoms with Gasteiger partial charge >= 0.3 is 0 Å². The zero-order chi connectivity index (χ0) is 12.0. The third kappa shape index (κ3) is 2.51. The molecule has 3 saturated carbocycles. The molecule has 0 spiro atoms. The van der Waals surface area contributed by atoms with Crippen molar-refractivity contribution in [3.05, 3.63) is 0 Å². The van der Waals surface area contributed by atoms with Gasteiger partial charge in [0.25, 0.3) is 0 Å². The Morgan fingerprint density at radius 2 is 1.47 bits per heavy atom. The fraction of sp³-hybridized carbons (Fsp3) is 0.933. The SMILES string of the molecule is CC1CC(C)CC(NC(=O)C2CC3CC3C2)C1. The first-order valence-corrected chi connectivity index (χ1v) is 7.42. The summed E-state index contributed by atoms with van der Waals surface area (Å²) in [6.07, 6.45) is 7.47. The zero-order valence-corrected chi connectivity index (χ0v) is 11.1. The van der Waals surface area contributed by atoms with E-state index in [1.807, 2.05) is 0 Å². The first kappa shape index (κ1) is 11.6. The fourth-order valence-corrected chi connectivity index (χ4v) is 4.31. The van der Waals surface area contributed by atoms with Gasteiger partial charge in [-0.2, -0.15) is 0 Å². The number of carbonyl (C=O) groups is 1. The van der Waals surface area contributed by atoms with Crippen molar-refractivity contribution in [2.45, 2.75) is 58.4 Å². The van der Waals surface area contributed by atoms with E-state index in [0.717, 1.165) is 23.7 Å². The second-order valence-electron chi connectivity index (χ2n) is 7.05. The number of fused-ring (bicyclic) bond motifs is 1. The average molecular weight is 235 g/mol. The Morgan fingerprint density at radius 1 is 0.882 bits per heavy atom. The van der Waals surface area contributed by atoms with E-state index in [9.17, 15) is 4.79 Å². The van der Waals surface area contributed by atoms with E-state index in [4.69, 9.17) is 0 Å². The van der Waals surface area contributed by atoms with E-state index in [2.05, 4.69) is 19.2 Å². The summed E-state index contributed by atoms with van der Waals surface area (Å²) in [7, 11) is 0. The van der Waals surface area contributed by atoms with Gasteiger partial charge in [-0.1, -0.05) is 13.8 Å². The van der Waals surface area contributed by atoms with Crippen LogP contribution in [0.5, 0.6) is 0 Å². The van der Waals surface area contributed by atoms with Crippen molar-refractivity contribution < 1.29 is 4.79 Å². The summed E-state index contributed by atoms with van der Waals surface area (Å²) in [6, 6.07) is 0.457. The Balaban J connectivity index is 1.50. The predicted molar refractivity (Wildman–Crippen MR) is 68.4 cm³/mol. The lowest BCUT2D eigenvalue weighted by molar-refractivity contribution is -0.126. The molecule has 0 radical (unpaired) electrons. The van der Waals surface area contributed by atoms with Crippen LogP contribution in [-0.2, 0) is 4.79 Å². The molecule has 3 aliphatic carbocycles. The van der Waals surface area contributed by atoms with E-state index < -0.39 is 0 Å². The maximum atomic E-state index is 12.2. The third-order valence-corrected chi connectivity index (χ3v) is 5.14.